The zero-order chi connectivity index (χ0) is 12.4. The molecule has 0 heterocycles. The molecule has 1 atom stereocenters. The first-order valence-corrected chi connectivity index (χ1v) is 6.53. The van der Waals surface area contributed by atoms with Crippen LogP contribution >= 0.6 is 0 Å². The van der Waals surface area contributed by atoms with Crippen LogP contribution in [0.2, 0.25) is 0 Å². The molecule has 1 aliphatic carbocycles. The van der Waals surface area contributed by atoms with Crippen LogP contribution in [0.4, 0.5) is 0 Å². The van der Waals surface area contributed by atoms with Crippen molar-refractivity contribution >= 4 is 24.9 Å². The van der Waals surface area contributed by atoms with Gasteiger partial charge in [0.15, 0.2) is 0 Å². The fourth-order valence-corrected chi connectivity index (χ4v) is 2.62. The quantitative estimate of drug-likeness (QED) is 0.707. The molecule has 0 spiro atoms. The normalized spacial score (nSPS) is 14.8. The number of fused-ring (bicyclic) bond motifs is 1. The van der Waals surface area contributed by atoms with Crippen molar-refractivity contribution in [2.45, 2.75) is 19.3 Å². The summed E-state index contributed by atoms with van der Waals surface area (Å²) in [6, 6.07) is 19.4. The second kappa shape index (κ2) is 6.29. The average Bonchev–Trinajstić information content (AvgIpc) is 2.83. The van der Waals surface area contributed by atoms with Crippen molar-refractivity contribution in [2.75, 3.05) is 0 Å². The predicted octanol–water partition coefficient (Wildman–Crippen LogP) is 4.18. The van der Waals surface area contributed by atoms with E-state index in [1.165, 1.54) is 22.6 Å². The van der Waals surface area contributed by atoms with Crippen molar-refractivity contribution in [1.82, 2.24) is 0 Å². The van der Waals surface area contributed by atoms with Crippen LogP contribution in [0, 0.1) is 5.92 Å². The van der Waals surface area contributed by atoms with Crippen LogP contribution in [0.25, 0.3) is 6.08 Å². The Balaban J connectivity index is 0.00000133. The van der Waals surface area contributed by atoms with Gasteiger partial charge in [-0.3, -0.25) is 0 Å². The van der Waals surface area contributed by atoms with Crippen molar-refractivity contribution in [3.63, 3.8) is 0 Å². The van der Waals surface area contributed by atoms with Crippen molar-refractivity contribution in [3.8, 4) is 0 Å². The summed E-state index contributed by atoms with van der Waals surface area (Å²) in [5.74, 6) is 2.03. The van der Waals surface area contributed by atoms with E-state index in [2.05, 4.69) is 73.7 Å². The van der Waals surface area contributed by atoms with E-state index in [0.29, 0.717) is 5.92 Å². The van der Waals surface area contributed by atoms with Crippen LogP contribution < -0.4 is 0 Å². The Morgan fingerprint density at radius 1 is 0.842 bits per heavy atom. The van der Waals surface area contributed by atoms with Crippen molar-refractivity contribution < 1.29 is 0 Å². The third kappa shape index (κ3) is 3.03. The fourth-order valence-electron chi connectivity index (χ4n) is 2.62. The van der Waals surface area contributed by atoms with Crippen LogP contribution in [0.15, 0.2) is 60.7 Å². The zero-order valence-corrected chi connectivity index (χ0v) is 10.6. The summed E-state index contributed by atoms with van der Waals surface area (Å²) in [5, 5.41) is 0. The first kappa shape index (κ1) is 14.2. The SMILES string of the molecule is CC(C[C]1C=Cc2ccccc21)c1ccccc1.[LiH]. The van der Waals surface area contributed by atoms with E-state index in [4.69, 9.17) is 0 Å². The molecule has 1 aliphatic rings. The van der Waals surface area contributed by atoms with Gasteiger partial charge in [0.1, 0.15) is 0 Å². The molecule has 1 radical (unpaired) electrons. The summed E-state index contributed by atoms with van der Waals surface area (Å²) in [5.41, 5.74) is 4.18. The van der Waals surface area contributed by atoms with Crippen molar-refractivity contribution in [2.24, 2.45) is 0 Å². The molecular weight excluding hydrogens is 223 g/mol. The van der Waals surface area contributed by atoms with E-state index in [1.54, 1.807) is 0 Å². The van der Waals surface area contributed by atoms with Crippen LogP contribution in [-0.2, 0) is 0 Å². The Bertz CT molecular complexity index is 557. The Hall–Kier alpha value is -1.22. The van der Waals surface area contributed by atoms with Gasteiger partial charge in [0.25, 0.3) is 0 Å². The maximum absolute atomic E-state index is 2.30. The van der Waals surface area contributed by atoms with E-state index in [1.807, 2.05) is 0 Å². The summed E-state index contributed by atoms with van der Waals surface area (Å²) in [6.45, 7) is 2.30. The molecular formula is C18H18Li. The minimum atomic E-state index is 0. The summed E-state index contributed by atoms with van der Waals surface area (Å²) in [6.07, 6.45) is 5.60. The second-order valence-corrected chi connectivity index (χ2v) is 4.96. The van der Waals surface area contributed by atoms with Crippen molar-refractivity contribution in [3.05, 3.63) is 83.3 Å². The van der Waals surface area contributed by atoms with Gasteiger partial charge >= 0.3 is 18.9 Å². The predicted molar refractivity (Wildman–Crippen MR) is 84.4 cm³/mol. The molecule has 0 bridgehead atoms. The van der Waals surface area contributed by atoms with E-state index in [0.717, 1.165) is 6.42 Å². The van der Waals surface area contributed by atoms with Gasteiger partial charge in [0.05, 0.1) is 0 Å². The molecule has 91 valence electrons. The first-order valence-electron chi connectivity index (χ1n) is 6.53. The molecule has 0 fully saturated rings. The molecule has 0 saturated carbocycles. The van der Waals surface area contributed by atoms with Gasteiger partial charge in [-0.25, -0.2) is 0 Å². The molecule has 2 aromatic rings. The van der Waals surface area contributed by atoms with Crippen LogP contribution in [0.5, 0.6) is 0 Å². The van der Waals surface area contributed by atoms with Gasteiger partial charge < -0.3 is 0 Å². The standard InChI is InChI=1S/C18H17.Li.H/c1-14(15-7-3-2-4-8-15)13-17-12-11-16-9-5-6-10-18(16)17;;/h2-12,14H,13H2,1H3;;. The summed E-state index contributed by atoms with van der Waals surface area (Å²) >= 11 is 0. The van der Waals surface area contributed by atoms with Gasteiger partial charge in [-0.1, -0.05) is 73.7 Å². The molecule has 0 amide bonds. The fraction of sp³-hybridized carbons (Fsp3) is 0.167. The number of hydrogen-bond donors (Lipinski definition) is 0. The van der Waals surface area contributed by atoms with E-state index >= 15 is 0 Å². The van der Waals surface area contributed by atoms with Crippen LogP contribution in [-0.4, -0.2) is 18.9 Å². The Labute approximate surface area is 127 Å². The Morgan fingerprint density at radius 2 is 1.53 bits per heavy atom. The van der Waals surface area contributed by atoms with Gasteiger partial charge in [0.2, 0.25) is 0 Å². The monoisotopic (exact) mass is 241 g/mol. The molecule has 0 N–H and O–H groups in total. The molecule has 0 aromatic heterocycles. The van der Waals surface area contributed by atoms with Gasteiger partial charge in [-0.2, -0.15) is 0 Å². The summed E-state index contributed by atoms with van der Waals surface area (Å²) in [7, 11) is 0. The van der Waals surface area contributed by atoms with E-state index in [-0.39, 0.29) is 18.9 Å². The number of hydrogen-bond acceptors (Lipinski definition) is 0. The van der Waals surface area contributed by atoms with E-state index in [9.17, 15) is 0 Å². The van der Waals surface area contributed by atoms with Gasteiger partial charge in [-0.05, 0) is 29.0 Å². The topological polar surface area (TPSA) is 0 Å². The Kier molecular flexibility index (Phi) is 4.69. The van der Waals surface area contributed by atoms with E-state index < -0.39 is 0 Å². The molecule has 2 aromatic carbocycles. The van der Waals surface area contributed by atoms with Crippen molar-refractivity contribution in [1.29, 1.82) is 0 Å². The molecule has 1 heteroatoms. The summed E-state index contributed by atoms with van der Waals surface area (Å²) in [4.78, 5) is 0. The average molecular weight is 241 g/mol. The molecule has 0 nitrogen and oxygen atoms in total. The molecule has 0 saturated heterocycles. The van der Waals surface area contributed by atoms with Crippen LogP contribution in [0.1, 0.15) is 36.0 Å². The van der Waals surface area contributed by atoms with Crippen LogP contribution in [0.3, 0.4) is 0 Å². The molecule has 19 heavy (non-hydrogen) atoms. The molecule has 3 rings (SSSR count). The second-order valence-electron chi connectivity index (χ2n) is 4.96. The first-order chi connectivity index (χ1) is 8.84. The molecule has 1 unspecified atom stereocenters. The molecule has 0 aliphatic heterocycles. The Morgan fingerprint density at radius 3 is 2.32 bits per heavy atom. The number of allylic oxidation sites excluding steroid dienone is 1. The number of benzene rings is 2. The third-order valence-corrected chi connectivity index (χ3v) is 3.67. The zero-order valence-electron chi connectivity index (χ0n) is 10.6. The van der Waals surface area contributed by atoms with Gasteiger partial charge in [0, 0.05) is 5.92 Å². The number of rotatable bonds is 3. The minimum absolute atomic E-state index is 0. The summed E-state index contributed by atoms with van der Waals surface area (Å²) < 4.78 is 0. The maximum atomic E-state index is 2.30. The third-order valence-electron chi connectivity index (χ3n) is 3.67. The van der Waals surface area contributed by atoms with Gasteiger partial charge in [-0.15, -0.1) is 0 Å².